The Hall–Kier alpha value is -2.16. The van der Waals surface area contributed by atoms with E-state index in [1.54, 1.807) is 19.1 Å². The highest BCUT2D eigenvalue weighted by molar-refractivity contribution is 5.95. The Bertz CT molecular complexity index is 564. The summed E-state index contributed by atoms with van der Waals surface area (Å²) in [7, 11) is 0. The van der Waals surface area contributed by atoms with Gasteiger partial charge in [0.05, 0.1) is 0 Å². The Morgan fingerprint density at radius 2 is 1.76 bits per heavy atom. The molecule has 0 bridgehead atoms. The highest BCUT2D eigenvalue weighted by Gasteiger charge is 2.13. The van der Waals surface area contributed by atoms with E-state index in [0.717, 1.165) is 5.56 Å². The fraction of sp³-hybridized carbons (Fsp3) is 0.0714. The molecule has 0 atom stereocenters. The van der Waals surface area contributed by atoms with Crippen molar-refractivity contribution in [1.29, 1.82) is 0 Å². The summed E-state index contributed by atoms with van der Waals surface area (Å²) in [6.07, 6.45) is 0. The Labute approximate surface area is 98.9 Å². The molecule has 0 unspecified atom stereocenters. The molecule has 2 nitrogen and oxygen atoms in total. The van der Waals surface area contributed by atoms with Crippen LogP contribution in [0.15, 0.2) is 42.5 Å². The molecule has 2 aromatic rings. The van der Waals surface area contributed by atoms with Crippen molar-refractivity contribution in [1.82, 2.24) is 0 Å². The van der Waals surface area contributed by atoms with Crippen molar-refractivity contribution in [3.63, 3.8) is 0 Å². The fourth-order valence-electron chi connectivity index (χ4n) is 1.79. The molecule has 0 aliphatic rings. The third kappa shape index (κ3) is 2.04. The molecule has 0 aliphatic carbocycles. The van der Waals surface area contributed by atoms with Crippen LogP contribution in [-0.4, -0.2) is 5.91 Å². The molecular weight excluding hydrogens is 217 g/mol. The molecule has 2 aromatic carbocycles. The van der Waals surface area contributed by atoms with Gasteiger partial charge >= 0.3 is 0 Å². The van der Waals surface area contributed by atoms with Crippen LogP contribution in [0.5, 0.6) is 0 Å². The lowest BCUT2D eigenvalue weighted by molar-refractivity contribution is 0.0999. The van der Waals surface area contributed by atoms with Gasteiger partial charge in [-0.15, -0.1) is 0 Å². The summed E-state index contributed by atoms with van der Waals surface area (Å²) < 4.78 is 14.1. The minimum absolute atomic E-state index is 0.224. The first kappa shape index (κ1) is 11.3. The van der Waals surface area contributed by atoms with Crippen LogP contribution in [0, 0.1) is 12.7 Å². The maximum Gasteiger partial charge on any atom is 0.249 e. The van der Waals surface area contributed by atoms with Crippen molar-refractivity contribution >= 4 is 5.91 Å². The van der Waals surface area contributed by atoms with E-state index in [2.05, 4.69) is 0 Å². The third-order valence-corrected chi connectivity index (χ3v) is 2.74. The van der Waals surface area contributed by atoms with Crippen molar-refractivity contribution in [3.05, 3.63) is 59.4 Å². The van der Waals surface area contributed by atoms with Gasteiger partial charge in [-0.2, -0.15) is 0 Å². The monoisotopic (exact) mass is 229 g/mol. The zero-order valence-corrected chi connectivity index (χ0v) is 9.41. The zero-order chi connectivity index (χ0) is 12.4. The fourth-order valence-corrected chi connectivity index (χ4v) is 1.79. The number of hydrogen-bond donors (Lipinski definition) is 1. The summed E-state index contributed by atoms with van der Waals surface area (Å²) in [5.74, 6) is -1.01. The molecule has 1 amide bonds. The van der Waals surface area contributed by atoms with Gasteiger partial charge in [0.15, 0.2) is 0 Å². The van der Waals surface area contributed by atoms with E-state index in [1.807, 2.05) is 30.3 Å². The topological polar surface area (TPSA) is 43.1 Å². The van der Waals surface area contributed by atoms with Crippen molar-refractivity contribution in [2.24, 2.45) is 5.73 Å². The SMILES string of the molecule is Cc1c(C(N)=O)ccc(-c2ccccc2)c1F. The minimum Gasteiger partial charge on any atom is -0.366 e. The number of nitrogens with two attached hydrogens (primary N) is 1. The molecule has 0 aliphatic heterocycles. The van der Waals surface area contributed by atoms with Crippen LogP contribution in [0.25, 0.3) is 11.1 Å². The quantitative estimate of drug-likeness (QED) is 0.845. The van der Waals surface area contributed by atoms with Gasteiger partial charge in [-0.25, -0.2) is 4.39 Å². The smallest absolute Gasteiger partial charge is 0.249 e. The van der Waals surface area contributed by atoms with Gasteiger partial charge in [-0.05, 0) is 24.1 Å². The lowest BCUT2D eigenvalue weighted by Crippen LogP contribution is -2.13. The van der Waals surface area contributed by atoms with Gasteiger partial charge in [0.25, 0.3) is 0 Å². The normalized spacial score (nSPS) is 10.2. The summed E-state index contributed by atoms with van der Waals surface area (Å²) in [6.45, 7) is 1.56. The number of benzene rings is 2. The molecule has 0 spiro atoms. The number of hydrogen-bond acceptors (Lipinski definition) is 1. The number of primary amides is 1. The molecule has 3 heteroatoms. The summed E-state index contributed by atoms with van der Waals surface area (Å²) in [4.78, 5) is 11.1. The van der Waals surface area contributed by atoms with Crippen LogP contribution in [-0.2, 0) is 0 Å². The average Bonchev–Trinajstić information content (AvgIpc) is 2.33. The van der Waals surface area contributed by atoms with E-state index < -0.39 is 11.7 Å². The Balaban J connectivity index is 2.60. The van der Waals surface area contributed by atoms with Crippen molar-refractivity contribution in [2.75, 3.05) is 0 Å². The number of carbonyl (C=O) groups is 1. The largest absolute Gasteiger partial charge is 0.366 e. The van der Waals surface area contributed by atoms with Crippen LogP contribution < -0.4 is 5.73 Å². The van der Waals surface area contributed by atoms with E-state index in [4.69, 9.17) is 5.73 Å². The van der Waals surface area contributed by atoms with E-state index in [1.165, 1.54) is 0 Å². The molecule has 0 radical (unpaired) electrons. The lowest BCUT2D eigenvalue weighted by Gasteiger charge is -2.08. The summed E-state index contributed by atoms with van der Waals surface area (Å²) in [5, 5.41) is 0. The second-order valence-corrected chi connectivity index (χ2v) is 3.83. The molecule has 17 heavy (non-hydrogen) atoms. The highest BCUT2D eigenvalue weighted by Crippen LogP contribution is 2.26. The van der Waals surface area contributed by atoms with Gasteiger partial charge in [0.1, 0.15) is 5.82 Å². The van der Waals surface area contributed by atoms with Gasteiger partial charge in [0.2, 0.25) is 5.91 Å². The molecule has 86 valence electrons. The molecule has 0 heterocycles. The standard InChI is InChI=1S/C14H12FNO/c1-9-11(14(16)17)7-8-12(13(9)15)10-5-3-2-4-6-10/h2-8H,1H3,(H2,16,17). The number of amides is 1. The maximum absolute atomic E-state index is 14.1. The van der Waals surface area contributed by atoms with Crippen LogP contribution in [0.2, 0.25) is 0 Å². The van der Waals surface area contributed by atoms with Crippen LogP contribution >= 0.6 is 0 Å². The lowest BCUT2D eigenvalue weighted by atomic mass is 9.98. The number of rotatable bonds is 2. The van der Waals surface area contributed by atoms with E-state index in [0.29, 0.717) is 11.1 Å². The summed E-state index contributed by atoms with van der Waals surface area (Å²) in [6, 6.07) is 12.3. The summed E-state index contributed by atoms with van der Waals surface area (Å²) >= 11 is 0. The predicted octanol–water partition coefficient (Wildman–Crippen LogP) is 2.90. The molecule has 0 fully saturated rings. The Morgan fingerprint density at radius 3 is 2.35 bits per heavy atom. The first-order valence-electron chi connectivity index (χ1n) is 5.25. The molecule has 0 aromatic heterocycles. The highest BCUT2D eigenvalue weighted by atomic mass is 19.1. The van der Waals surface area contributed by atoms with Crippen molar-refractivity contribution < 1.29 is 9.18 Å². The molecule has 0 saturated carbocycles. The van der Waals surface area contributed by atoms with E-state index in [9.17, 15) is 9.18 Å². The van der Waals surface area contributed by atoms with E-state index in [-0.39, 0.29) is 5.56 Å². The first-order valence-corrected chi connectivity index (χ1v) is 5.25. The second-order valence-electron chi connectivity index (χ2n) is 3.83. The molecular formula is C14H12FNO. The Kier molecular flexibility index (Phi) is 2.91. The predicted molar refractivity (Wildman–Crippen MR) is 65.1 cm³/mol. The summed E-state index contributed by atoms with van der Waals surface area (Å²) in [5.41, 5.74) is 6.94. The van der Waals surface area contributed by atoms with Crippen molar-refractivity contribution in [3.8, 4) is 11.1 Å². The third-order valence-electron chi connectivity index (χ3n) is 2.74. The number of halogens is 1. The zero-order valence-electron chi connectivity index (χ0n) is 9.41. The average molecular weight is 229 g/mol. The second kappa shape index (κ2) is 4.37. The van der Waals surface area contributed by atoms with Gasteiger partial charge in [0, 0.05) is 11.1 Å². The molecule has 0 saturated heterocycles. The van der Waals surface area contributed by atoms with Gasteiger partial charge in [-0.3, -0.25) is 4.79 Å². The number of carbonyl (C=O) groups excluding carboxylic acids is 1. The minimum atomic E-state index is -0.610. The van der Waals surface area contributed by atoms with Gasteiger partial charge in [-0.1, -0.05) is 36.4 Å². The Morgan fingerprint density at radius 1 is 1.12 bits per heavy atom. The first-order chi connectivity index (χ1) is 8.11. The van der Waals surface area contributed by atoms with Gasteiger partial charge < -0.3 is 5.73 Å². The van der Waals surface area contributed by atoms with Crippen LogP contribution in [0.4, 0.5) is 4.39 Å². The van der Waals surface area contributed by atoms with Crippen LogP contribution in [0.1, 0.15) is 15.9 Å². The van der Waals surface area contributed by atoms with Crippen LogP contribution in [0.3, 0.4) is 0 Å². The molecule has 2 rings (SSSR count). The molecule has 2 N–H and O–H groups in total. The van der Waals surface area contributed by atoms with Crippen molar-refractivity contribution in [2.45, 2.75) is 6.92 Å². The maximum atomic E-state index is 14.1. The van der Waals surface area contributed by atoms with E-state index >= 15 is 0 Å².